The quantitative estimate of drug-likeness (QED) is 0.188. The molecule has 0 saturated heterocycles. The first-order chi connectivity index (χ1) is 25.8. The molecule has 242 valence electrons. The van der Waals surface area contributed by atoms with Crippen LogP contribution in [-0.4, -0.2) is 24.1 Å². The largest absolute Gasteiger partial charge is 0.309 e. The van der Waals surface area contributed by atoms with E-state index in [0.717, 1.165) is 38.6 Å². The zero-order valence-electron chi connectivity index (χ0n) is 28.0. The van der Waals surface area contributed by atoms with Crippen LogP contribution in [-0.2, 0) is 0 Å². The molecule has 0 bridgehead atoms. The second kappa shape index (κ2) is 11.2. The summed E-state index contributed by atoms with van der Waals surface area (Å²) in [6.07, 6.45) is 0. The first-order valence-electron chi connectivity index (χ1n) is 17.5. The van der Waals surface area contributed by atoms with Crippen LogP contribution in [0.5, 0.6) is 0 Å². The third-order valence-corrected chi connectivity index (χ3v) is 10.3. The van der Waals surface area contributed by atoms with Gasteiger partial charge < -0.3 is 4.57 Å². The molecular weight excluding hydrogens is 635 g/mol. The van der Waals surface area contributed by atoms with Crippen molar-refractivity contribution in [2.75, 3.05) is 0 Å². The third kappa shape index (κ3) is 4.33. The third-order valence-electron chi connectivity index (χ3n) is 10.3. The fourth-order valence-electron chi connectivity index (χ4n) is 7.97. The highest BCUT2D eigenvalue weighted by Crippen LogP contribution is 2.39. The molecule has 5 heteroatoms. The van der Waals surface area contributed by atoms with E-state index in [1.165, 1.54) is 43.4 Å². The summed E-state index contributed by atoms with van der Waals surface area (Å²) in [6.45, 7) is 0. The molecule has 0 unspecified atom stereocenters. The number of rotatable bonds is 4. The molecule has 3 aromatic heterocycles. The molecule has 0 aliphatic carbocycles. The molecule has 0 radical (unpaired) electrons. The van der Waals surface area contributed by atoms with Gasteiger partial charge in [0.1, 0.15) is 0 Å². The zero-order valence-corrected chi connectivity index (χ0v) is 28.0. The molecule has 3 heterocycles. The zero-order chi connectivity index (χ0) is 34.2. The fourth-order valence-corrected chi connectivity index (χ4v) is 7.97. The van der Waals surface area contributed by atoms with Gasteiger partial charge in [0.25, 0.3) is 0 Å². The van der Waals surface area contributed by atoms with Gasteiger partial charge in [-0.2, -0.15) is 9.97 Å². The highest BCUT2D eigenvalue weighted by Gasteiger charge is 2.21. The van der Waals surface area contributed by atoms with E-state index in [2.05, 4.69) is 167 Å². The standard InChI is InChI=1S/C47H29N5/c1-2-14-32(15-3-1)45-48-46(34-23-22-30-12-4-5-16-33(30)28-34)50-47(49-45)52-42-27-25-35(29-39(42)44-36-17-7-6-13-31(36)24-26-43(44)52)51-40-20-10-8-18-37(40)38-19-9-11-21-41(38)51/h1-29H. The van der Waals surface area contributed by atoms with E-state index in [0.29, 0.717) is 17.6 Å². The summed E-state index contributed by atoms with van der Waals surface area (Å²) >= 11 is 0. The maximum atomic E-state index is 5.25. The maximum Gasteiger partial charge on any atom is 0.238 e. The van der Waals surface area contributed by atoms with Crippen LogP contribution in [0.4, 0.5) is 0 Å². The van der Waals surface area contributed by atoms with Gasteiger partial charge in [-0.25, -0.2) is 4.98 Å². The van der Waals surface area contributed by atoms with Gasteiger partial charge in [0.15, 0.2) is 11.6 Å². The van der Waals surface area contributed by atoms with Crippen molar-refractivity contribution in [3.8, 4) is 34.4 Å². The second-order valence-electron chi connectivity index (χ2n) is 13.3. The van der Waals surface area contributed by atoms with Gasteiger partial charge in [-0.05, 0) is 64.0 Å². The molecule has 0 spiro atoms. The summed E-state index contributed by atoms with van der Waals surface area (Å²) in [5.74, 6) is 1.84. The second-order valence-corrected chi connectivity index (χ2v) is 13.3. The minimum Gasteiger partial charge on any atom is -0.309 e. The van der Waals surface area contributed by atoms with Crippen LogP contribution in [0.1, 0.15) is 0 Å². The van der Waals surface area contributed by atoms with Crippen molar-refractivity contribution in [1.82, 2.24) is 24.1 Å². The number of nitrogens with zero attached hydrogens (tertiary/aromatic N) is 5. The summed E-state index contributed by atoms with van der Waals surface area (Å²) in [5, 5.41) is 9.49. The van der Waals surface area contributed by atoms with Crippen LogP contribution in [0.2, 0.25) is 0 Å². The van der Waals surface area contributed by atoms with E-state index >= 15 is 0 Å². The number of fused-ring (bicyclic) bond motifs is 9. The Bertz CT molecular complexity index is 3140. The Morgan fingerprint density at radius 2 is 0.904 bits per heavy atom. The molecule has 52 heavy (non-hydrogen) atoms. The lowest BCUT2D eigenvalue weighted by Crippen LogP contribution is -2.06. The fraction of sp³-hybridized carbons (Fsp3) is 0. The monoisotopic (exact) mass is 663 g/mol. The number of aromatic nitrogens is 5. The number of benzene rings is 8. The molecule has 0 saturated carbocycles. The van der Waals surface area contributed by atoms with Crippen molar-refractivity contribution in [2.45, 2.75) is 0 Å². The Labute approximate surface area is 298 Å². The van der Waals surface area contributed by atoms with Crippen molar-refractivity contribution in [2.24, 2.45) is 0 Å². The maximum absolute atomic E-state index is 5.25. The van der Waals surface area contributed by atoms with Gasteiger partial charge in [0, 0.05) is 38.4 Å². The summed E-state index contributed by atoms with van der Waals surface area (Å²) in [7, 11) is 0. The van der Waals surface area contributed by atoms with Gasteiger partial charge >= 0.3 is 0 Å². The van der Waals surface area contributed by atoms with Gasteiger partial charge in [-0.3, -0.25) is 4.57 Å². The topological polar surface area (TPSA) is 48.5 Å². The average molecular weight is 664 g/mol. The van der Waals surface area contributed by atoms with Crippen LogP contribution in [0.25, 0.3) is 99.6 Å². The highest BCUT2D eigenvalue weighted by molar-refractivity contribution is 6.21. The minimum atomic E-state index is 0.580. The molecule has 0 N–H and O–H groups in total. The first kappa shape index (κ1) is 28.7. The molecule has 0 fully saturated rings. The predicted molar refractivity (Wildman–Crippen MR) is 214 cm³/mol. The van der Waals surface area contributed by atoms with Crippen molar-refractivity contribution >= 4 is 65.2 Å². The first-order valence-corrected chi connectivity index (χ1v) is 17.5. The molecule has 0 aliphatic rings. The molecular formula is C47H29N5. The lowest BCUT2D eigenvalue weighted by molar-refractivity contribution is 0.953. The Kier molecular flexibility index (Phi) is 6.18. The van der Waals surface area contributed by atoms with Gasteiger partial charge in [0.05, 0.1) is 22.1 Å². The van der Waals surface area contributed by atoms with Crippen molar-refractivity contribution < 1.29 is 0 Å². The lowest BCUT2D eigenvalue weighted by Gasteiger charge is -2.12. The predicted octanol–water partition coefficient (Wildman–Crippen LogP) is 11.7. The van der Waals surface area contributed by atoms with E-state index in [1.54, 1.807) is 0 Å². The Morgan fingerprint density at radius 3 is 1.67 bits per heavy atom. The lowest BCUT2D eigenvalue weighted by atomic mass is 10.0. The smallest absolute Gasteiger partial charge is 0.238 e. The Morgan fingerprint density at radius 1 is 0.327 bits per heavy atom. The van der Waals surface area contributed by atoms with E-state index in [4.69, 9.17) is 15.0 Å². The van der Waals surface area contributed by atoms with E-state index < -0.39 is 0 Å². The number of hydrogen-bond donors (Lipinski definition) is 0. The van der Waals surface area contributed by atoms with Gasteiger partial charge in [-0.1, -0.05) is 133 Å². The van der Waals surface area contributed by atoms with Gasteiger partial charge in [-0.15, -0.1) is 0 Å². The van der Waals surface area contributed by atoms with Crippen LogP contribution in [0, 0.1) is 0 Å². The van der Waals surface area contributed by atoms with Gasteiger partial charge in [0.2, 0.25) is 5.95 Å². The van der Waals surface area contributed by atoms with Crippen LogP contribution in [0.15, 0.2) is 176 Å². The van der Waals surface area contributed by atoms with E-state index in [-0.39, 0.29) is 0 Å². The molecule has 8 aromatic carbocycles. The van der Waals surface area contributed by atoms with Crippen LogP contribution in [0.3, 0.4) is 0 Å². The molecule has 0 amide bonds. The van der Waals surface area contributed by atoms with Crippen LogP contribution >= 0.6 is 0 Å². The summed E-state index contributed by atoms with van der Waals surface area (Å²) in [4.78, 5) is 15.5. The molecule has 0 atom stereocenters. The SMILES string of the molecule is c1ccc(-c2nc(-c3ccc4ccccc4c3)nc(-n3c4ccc(-n5c6ccccc6c6ccccc65)cc4c4c5ccccc5ccc43)n2)cc1. The van der Waals surface area contributed by atoms with Crippen molar-refractivity contribution in [3.05, 3.63) is 176 Å². The highest BCUT2D eigenvalue weighted by atomic mass is 15.2. The molecule has 11 rings (SSSR count). The summed E-state index contributed by atoms with van der Waals surface area (Å²) in [6, 6.07) is 62.1. The molecule has 11 aromatic rings. The molecule has 5 nitrogen and oxygen atoms in total. The van der Waals surface area contributed by atoms with Crippen molar-refractivity contribution in [1.29, 1.82) is 0 Å². The average Bonchev–Trinajstić information content (AvgIpc) is 3.74. The van der Waals surface area contributed by atoms with Crippen LogP contribution < -0.4 is 0 Å². The Balaban J connectivity index is 1.22. The Hall–Kier alpha value is -7.11. The van der Waals surface area contributed by atoms with E-state index in [9.17, 15) is 0 Å². The summed E-state index contributed by atoms with van der Waals surface area (Å²) in [5.41, 5.74) is 7.43. The normalized spacial score (nSPS) is 11.8. The molecule has 0 aliphatic heterocycles. The number of hydrogen-bond acceptors (Lipinski definition) is 3. The van der Waals surface area contributed by atoms with Crippen molar-refractivity contribution in [3.63, 3.8) is 0 Å². The number of para-hydroxylation sites is 2. The summed E-state index contributed by atoms with van der Waals surface area (Å²) < 4.78 is 4.60. The minimum absolute atomic E-state index is 0.580. The van der Waals surface area contributed by atoms with E-state index in [1.807, 2.05) is 18.2 Å².